The molecule has 0 aliphatic carbocycles. The number of fused-ring (bicyclic) bond motifs is 2. The van der Waals surface area contributed by atoms with Crippen LogP contribution in [0.4, 0.5) is 4.79 Å². The van der Waals surface area contributed by atoms with Crippen molar-refractivity contribution in [1.82, 2.24) is 20.1 Å². The molecule has 2 aliphatic rings. The lowest BCUT2D eigenvalue weighted by atomic mass is 10.1. The van der Waals surface area contributed by atoms with Gasteiger partial charge in [0.1, 0.15) is 29.1 Å². The Kier molecular flexibility index (Phi) is 6.99. The molecule has 38 heavy (non-hydrogen) atoms. The van der Waals surface area contributed by atoms with Gasteiger partial charge in [0.15, 0.2) is 5.78 Å². The first-order valence-corrected chi connectivity index (χ1v) is 12.5. The molecule has 2 aromatic heterocycles. The second-order valence-electron chi connectivity index (χ2n) is 9.29. The van der Waals surface area contributed by atoms with Crippen molar-refractivity contribution >= 4 is 34.7 Å². The van der Waals surface area contributed by atoms with E-state index >= 15 is 0 Å². The van der Waals surface area contributed by atoms with E-state index in [2.05, 4.69) is 10.3 Å². The van der Waals surface area contributed by atoms with Crippen molar-refractivity contribution in [3.63, 3.8) is 0 Å². The highest BCUT2D eigenvalue weighted by Gasteiger charge is 2.52. The number of hydrogen-bond acceptors (Lipinski definition) is 8. The molecule has 0 bridgehead atoms. The highest BCUT2D eigenvalue weighted by molar-refractivity contribution is 6.02. The minimum absolute atomic E-state index is 0.0238. The number of pyridine rings is 1. The molecular weight excluding hydrogens is 492 g/mol. The number of nitrogens with zero attached hydrogens (tertiary/aromatic N) is 3. The predicted octanol–water partition coefficient (Wildman–Crippen LogP) is 2.79. The summed E-state index contributed by atoms with van der Waals surface area (Å²) in [5.74, 6) is -0.319. The van der Waals surface area contributed by atoms with Gasteiger partial charge in [-0.05, 0) is 43.2 Å². The molecule has 5 rings (SSSR count). The molecule has 1 aromatic carbocycles. The summed E-state index contributed by atoms with van der Waals surface area (Å²) < 4.78 is 16.1. The minimum Gasteiger partial charge on any atom is -0.497 e. The molecule has 11 nitrogen and oxygen atoms in total. The summed E-state index contributed by atoms with van der Waals surface area (Å²) >= 11 is 0. The second-order valence-corrected chi connectivity index (χ2v) is 9.29. The minimum atomic E-state index is -0.899. The number of ketones is 1. The molecule has 2 fully saturated rings. The van der Waals surface area contributed by atoms with Crippen LogP contribution in [0.5, 0.6) is 11.7 Å². The Balaban J connectivity index is 1.26. The van der Waals surface area contributed by atoms with Crippen LogP contribution in [-0.2, 0) is 9.59 Å². The summed E-state index contributed by atoms with van der Waals surface area (Å²) in [6, 6.07) is 9.68. The third-order valence-electron chi connectivity index (χ3n) is 6.91. The van der Waals surface area contributed by atoms with Crippen LogP contribution in [0.15, 0.2) is 53.1 Å². The third-order valence-corrected chi connectivity index (χ3v) is 6.91. The van der Waals surface area contributed by atoms with Gasteiger partial charge in [0.2, 0.25) is 5.91 Å². The smallest absolute Gasteiger partial charge is 0.415 e. The fourth-order valence-corrected chi connectivity index (χ4v) is 5.16. The summed E-state index contributed by atoms with van der Waals surface area (Å²) in [6.07, 6.45) is 2.11. The van der Waals surface area contributed by atoms with Gasteiger partial charge in [-0.15, -0.1) is 0 Å². The van der Waals surface area contributed by atoms with E-state index in [-0.39, 0.29) is 35.8 Å². The lowest BCUT2D eigenvalue weighted by Crippen LogP contribution is -2.53. The average molecular weight is 521 g/mol. The van der Waals surface area contributed by atoms with Gasteiger partial charge < -0.3 is 29.0 Å². The van der Waals surface area contributed by atoms with Crippen molar-refractivity contribution in [2.75, 3.05) is 20.2 Å². The SMILES string of the molecule is CCCC(NC(=O)Oc1cc2cc(OC)ccc2o1)C(=O)N1CCC2C1C(=O)CN2C(=O)c1ccccn1. The molecule has 0 spiro atoms. The number of hydrogen-bond donors (Lipinski definition) is 1. The van der Waals surface area contributed by atoms with Gasteiger partial charge in [0.25, 0.3) is 11.9 Å². The van der Waals surface area contributed by atoms with Crippen molar-refractivity contribution in [3.05, 3.63) is 54.4 Å². The number of likely N-dealkylation sites (tertiary alicyclic amines) is 2. The summed E-state index contributed by atoms with van der Waals surface area (Å²) in [5.41, 5.74) is 0.769. The molecule has 0 saturated carbocycles. The van der Waals surface area contributed by atoms with E-state index in [4.69, 9.17) is 13.9 Å². The molecule has 11 heteroatoms. The second kappa shape index (κ2) is 10.5. The van der Waals surface area contributed by atoms with Gasteiger partial charge >= 0.3 is 6.09 Å². The number of benzene rings is 1. The van der Waals surface area contributed by atoms with E-state index in [9.17, 15) is 19.2 Å². The first-order chi connectivity index (χ1) is 18.4. The van der Waals surface area contributed by atoms with Crippen LogP contribution in [-0.4, -0.2) is 76.8 Å². The van der Waals surface area contributed by atoms with Crippen molar-refractivity contribution in [1.29, 1.82) is 0 Å². The highest BCUT2D eigenvalue weighted by Crippen LogP contribution is 2.32. The summed E-state index contributed by atoms with van der Waals surface area (Å²) in [6.45, 7) is 2.11. The standard InChI is InChI=1S/C27H28N4O7/c1-3-6-19(29-27(35)38-23-14-16-13-17(36-2)8-9-22(16)37-23)26(34)30-12-10-20-24(30)21(32)15-31(20)25(33)18-7-4-5-11-28-18/h4-5,7-9,11,13-14,19-20,24H,3,6,10,12,15H2,1-2H3,(H,29,35). The van der Waals surface area contributed by atoms with Crippen LogP contribution in [0.1, 0.15) is 36.7 Å². The third kappa shape index (κ3) is 4.79. The predicted molar refractivity (Wildman–Crippen MR) is 135 cm³/mol. The normalized spacial score (nSPS) is 19.4. The van der Waals surface area contributed by atoms with Gasteiger partial charge in [-0.3, -0.25) is 19.4 Å². The van der Waals surface area contributed by atoms with Crippen molar-refractivity contribution < 1.29 is 33.1 Å². The van der Waals surface area contributed by atoms with Crippen molar-refractivity contribution in [3.8, 4) is 11.7 Å². The zero-order valence-corrected chi connectivity index (χ0v) is 21.1. The quantitative estimate of drug-likeness (QED) is 0.503. The molecule has 4 heterocycles. The van der Waals surface area contributed by atoms with Gasteiger partial charge in [0, 0.05) is 24.2 Å². The Labute approximate surface area is 218 Å². The first kappa shape index (κ1) is 25.2. The molecule has 2 saturated heterocycles. The molecule has 3 unspecified atom stereocenters. The number of amides is 3. The first-order valence-electron chi connectivity index (χ1n) is 12.5. The molecule has 0 radical (unpaired) electrons. The molecular formula is C27H28N4O7. The van der Waals surface area contributed by atoms with E-state index in [1.807, 2.05) is 6.92 Å². The van der Waals surface area contributed by atoms with Gasteiger partial charge in [-0.25, -0.2) is 4.79 Å². The van der Waals surface area contributed by atoms with Crippen molar-refractivity contribution in [2.45, 2.75) is 44.3 Å². The summed E-state index contributed by atoms with van der Waals surface area (Å²) in [7, 11) is 1.55. The molecule has 3 aromatic rings. The number of Topliss-reactive ketones (excluding diaryl/α,β-unsaturated/α-hetero) is 1. The molecule has 1 N–H and O–H groups in total. The Bertz CT molecular complexity index is 1370. The highest BCUT2D eigenvalue weighted by atomic mass is 16.6. The monoisotopic (exact) mass is 520 g/mol. The molecule has 3 atom stereocenters. The number of rotatable bonds is 7. The van der Waals surface area contributed by atoms with E-state index in [0.29, 0.717) is 42.5 Å². The Morgan fingerprint density at radius 1 is 1.18 bits per heavy atom. The zero-order valence-electron chi connectivity index (χ0n) is 21.1. The van der Waals surface area contributed by atoms with Crippen LogP contribution < -0.4 is 14.8 Å². The fourth-order valence-electron chi connectivity index (χ4n) is 5.16. The topological polar surface area (TPSA) is 131 Å². The lowest BCUT2D eigenvalue weighted by Gasteiger charge is -2.27. The van der Waals surface area contributed by atoms with E-state index in [1.165, 1.54) is 16.0 Å². The zero-order chi connectivity index (χ0) is 26.8. The average Bonchev–Trinajstić information content (AvgIpc) is 3.62. The Hall–Kier alpha value is -4.41. The van der Waals surface area contributed by atoms with E-state index in [0.717, 1.165) is 0 Å². The Morgan fingerprint density at radius 2 is 2.03 bits per heavy atom. The number of aromatic nitrogens is 1. The van der Waals surface area contributed by atoms with Crippen LogP contribution in [0.3, 0.4) is 0 Å². The fraction of sp³-hybridized carbons (Fsp3) is 0.370. The van der Waals surface area contributed by atoms with Crippen LogP contribution in [0, 0.1) is 0 Å². The molecule has 2 aliphatic heterocycles. The Morgan fingerprint density at radius 3 is 2.76 bits per heavy atom. The van der Waals surface area contributed by atoms with Gasteiger partial charge in [0.05, 0.1) is 19.7 Å². The number of furan rings is 1. The maximum absolute atomic E-state index is 13.5. The molecule has 3 amide bonds. The summed E-state index contributed by atoms with van der Waals surface area (Å²) in [4.78, 5) is 59.2. The maximum Gasteiger partial charge on any atom is 0.415 e. The number of methoxy groups -OCH3 is 1. The van der Waals surface area contributed by atoms with Crippen LogP contribution in [0.25, 0.3) is 11.0 Å². The van der Waals surface area contributed by atoms with Crippen molar-refractivity contribution in [2.24, 2.45) is 0 Å². The van der Waals surface area contributed by atoms with E-state index < -0.39 is 24.2 Å². The largest absolute Gasteiger partial charge is 0.497 e. The van der Waals surface area contributed by atoms with Crippen LogP contribution in [0.2, 0.25) is 0 Å². The number of ether oxygens (including phenoxy) is 2. The number of nitrogens with one attached hydrogen (secondary N) is 1. The lowest BCUT2D eigenvalue weighted by molar-refractivity contribution is -0.138. The summed E-state index contributed by atoms with van der Waals surface area (Å²) in [5, 5.41) is 3.32. The van der Waals surface area contributed by atoms with E-state index in [1.54, 1.807) is 49.6 Å². The maximum atomic E-state index is 13.5. The van der Waals surface area contributed by atoms with Gasteiger partial charge in [-0.2, -0.15) is 0 Å². The number of carbonyl (C=O) groups excluding carboxylic acids is 4. The van der Waals surface area contributed by atoms with Crippen LogP contribution >= 0.6 is 0 Å². The number of carbonyl (C=O) groups is 4. The van der Waals surface area contributed by atoms with Gasteiger partial charge in [-0.1, -0.05) is 19.4 Å². The molecule has 198 valence electrons.